The molecule has 0 atom stereocenters. The first-order valence-corrected chi connectivity index (χ1v) is 7.06. The van der Waals surface area contributed by atoms with E-state index < -0.39 is 10.0 Å². The number of benzene rings is 1. The van der Waals surface area contributed by atoms with E-state index in [4.69, 9.17) is 5.73 Å². The van der Waals surface area contributed by atoms with E-state index in [9.17, 15) is 13.2 Å². The summed E-state index contributed by atoms with van der Waals surface area (Å²) in [6, 6.07) is 5.94. The van der Waals surface area contributed by atoms with Gasteiger partial charge in [-0.3, -0.25) is 4.79 Å². The summed E-state index contributed by atoms with van der Waals surface area (Å²) in [6.07, 6.45) is 0. The van der Waals surface area contributed by atoms with E-state index in [0.29, 0.717) is 5.69 Å². The van der Waals surface area contributed by atoms with E-state index in [2.05, 4.69) is 14.8 Å². The number of rotatable bonds is 7. The van der Waals surface area contributed by atoms with E-state index in [0.717, 1.165) is 0 Å². The van der Waals surface area contributed by atoms with Crippen molar-refractivity contribution in [3.8, 4) is 0 Å². The van der Waals surface area contributed by atoms with Gasteiger partial charge < -0.3 is 15.8 Å². The van der Waals surface area contributed by atoms with Gasteiger partial charge in [0, 0.05) is 25.9 Å². The topological polar surface area (TPSA) is 111 Å². The Bertz CT molecular complexity index is 530. The zero-order chi connectivity index (χ0) is 14.3. The Hall–Kier alpha value is -1.48. The first-order chi connectivity index (χ1) is 8.99. The molecule has 0 aliphatic carbocycles. The van der Waals surface area contributed by atoms with Crippen LogP contribution in [-0.2, 0) is 19.6 Å². The van der Waals surface area contributed by atoms with Crippen molar-refractivity contribution >= 4 is 21.6 Å². The van der Waals surface area contributed by atoms with Gasteiger partial charge in [0.25, 0.3) is 0 Å². The van der Waals surface area contributed by atoms with Gasteiger partial charge in [0.05, 0.1) is 4.90 Å². The molecule has 0 bridgehead atoms. The van der Waals surface area contributed by atoms with Crippen LogP contribution in [0.5, 0.6) is 0 Å². The molecule has 1 rings (SSSR count). The first kappa shape index (κ1) is 15.6. The van der Waals surface area contributed by atoms with E-state index >= 15 is 0 Å². The number of anilines is 1. The molecule has 0 aliphatic rings. The van der Waals surface area contributed by atoms with Gasteiger partial charge in [0.2, 0.25) is 15.9 Å². The molecule has 4 N–H and O–H groups in total. The monoisotopic (exact) mass is 287 g/mol. The zero-order valence-corrected chi connectivity index (χ0v) is 11.4. The van der Waals surface area contributed by atoms with Crippen LogP contribution in [0.1, 0.15) is 0 Å². The Morgan fingerprint density at radius 1 is 1.42 bits per heavy atom. The van der Waals surface area contributed by atoms with Gasteiger partial charge in [-0.05, 0) is 18.2 Å². The lowest BCUT2D eigenvalue weighted by Gasteiger charge is -2.08. The van der Waals surface area contributed by atoms with Crippen molar-refractivity contribution < 1.29 is 17.9 Å². The van der Waals surface area contributed by atoms with Crippen LogP contribution >= 0.6 is 0 Å². The molecule has 106 valence electrons. The van der Waals surface area contributed by atoms with Gasteiger partial charge >= 0.3 is 0 Å². The Kier molecular flexibility index (Phi) is 5.90. The molecule has 0 unspecified atom stereocenters. The third kappa shape index (κ3) is 4.95. The normalized spacial score (nSPS) is 11.3. The molecule has 0 heterocycles. The summed E-state index contributed by atoms with van der Waals surface area (Å²) in [7, 11) is -2.21. The smallest absolute Gasteiger partial charge is 0.250 e. The van der Waals surface area contributed by atoms with Crippen molar-refractivity contribution in [2.24, 2.45) is 5.73 Å². The number of carbonyl (C=O) groups excluding carboxylic acids is 1. The quantitative estimate of drug-likeness (QED) is 0.626. The number of hydrogen-bond donors (Lipinski definition) is 3. The predicted molar refractivity (Wildman–Crippen MR) is 71.2 cm³/mol. The van der Waals surface area contributed by atoms with Gasteiger partial charge in [0.1, 0.15) is 6.61 Å². The molecule has 0 aliphatic heterocycles. The number of amides is 1. The SMILES string of the molecule is COCC(=O)Nc1cccc(S(=O)(=O)NCCN)c1. The molecule has 0 saturated heterocycles. The Labute approximate surface area is 112 Å². The van der Waals surface area contributed by atoms with Crippen molar-refractivity contribution in [3.05, 3.63) is 24.3 Å². The van der Waals surface area contributed by atoms with Crippen molar-refractivity contribution in [2.75, 3.05) is 32.1 Å². The zero-order valence-electron chi connectivity index (χ0n) is 10.5. The van der Waals surface area contributed by atoms with Crippen molar-refractivity contribution in [1.82, 2.24) is 4.72 Å². The van der Waals surface area contributed by atoms with E-state index in [1.807, 2.05) is 0 Å². The Morgan fingerprint density at radius 3 is 2.79 bits per heavy atom. The van der Waals surface area contributed by atoms with Crippen molar-refractivity contribution in [3.63, 3.8) is 0 Å². The summed E-state index contributed by atoms with van der Waals surface area (Å²) in [5, 5.41) is 2.53. The summed E-state index contributed by atoms with van der Waals surface area (Å²) >= 11 is 0. The second-order valence-electron chi connectivity index (χ2n) is 3.70. The molecule has 1 aromatic carbocycles. The van der Waals surface area contributed by atoms with E-state index in [-0.39, 0.29) is 30.5 Å². The lowest BCUT2D eigenvalue weighted by molar-refractivity contribution is -0.119. The molecular weight excluding hydrogens is 270 g/mol. The van der Waals surface area contributed by atoms with Gasteiger partial charge in [-0.1, -0.05) is 6.07 Å². The molecule has 0 saturated carbocycles. The minimum atomic E-state index is -3.61. The molecule has 8 heteroatoms. The molecule has 7 nitrogen and oxygen atoms in total. The average Bonchev–Trinajstić information content (AvgIpc) is 2.37. The number of ether oxygens (including phenoxy) is 1. The molecule has 19 heavy (non-hydrogen) atoms. The lowest BCUT2D eigenvalue weighted by Crippen LogP contribution is -2.29. The molecule has 0 spiro atoms. The Morgan fingerprint density at radius 2 is 2.16 bits per heavy atom. The molecule has 1 amide bonds. The van der Waals surface area contributed by atoms with Crippen LogP contribution in [0.3, 0.4) is 0 Å². The fourth-order valence-electron chi connectivity index (χ4n) is 1.35. The molecule has 1 aromatic rings. The highest BCUT2D eigenvalue weighted by molar-refractivity contribution is 7.89. The first-order valence-electron chi connectivity index (χ1n) is 5.58. The van der Waals surface area contributed by atoms with Crippen LogP contribution in [0.15, 0.2) is 29.2 Å². The van der Waals surface area contributed by atoms with Crippen LogP contribution in [-0.4, -0.2) is 41.1 Å². The van der Waals surface area contributed by atoms with Crippen LogP contribution < -0.4 is 15.8 Å². The van der Waals surface area contributed by atoms with Gasteiger partial charge in [-0.15, -0.1) is 0 Å². The largest absolute Gasteiger partial charge is 0.375 e. The van der Waals surface area contributed by atoms with E-state index in [1.165, 1.54) is 19.2 Å². The minimum absolute atomic E-state index is 0.0659. The number of hydrogen-bond acceptors (Lipinski definition) is 5. The molecule has 0 fully saturated rings. The number of carbonyl (C=O) groups is 1. The minimum Gasteiger partial charge on any atom is -0.375 e. The predicted octanol–water partition coefficient (Wildman–Crippen LogP) is -0.491. The summed E-state index contributed by atoms with van der Waals surface area (Å²) in [5.74, 6) is -0.355. The average molecular weight is 287 g/mol. The third-order valence-electron chi connectivity index (χ3n) is 2.14. The van der Waals surface area contributed by atoms with Crippen LogP contribution in [0, 0.1) is 0 Å². The summed E-state index contributed by atoms with van der Waals surface area (Å²) < 4.78 is 30.7. The van der Waals surface area contributed by atoms with Crippen molar-refractivity contribution in [1.29, 1.82) is 0 Å². The fourth-order valence-corrected chi connectivity index (χ4v) is 2.44. The number of nitrogens with one attached hydrogen (secondary N) is 2. The molecule has 0 radical (unpaired) electrons. The fraction of sp³-hybridized carbons (Fsp3) is 0.364. The summed E-state index contributed by atoms with van der Waals surface area (Å²) in [6.45, 7) is 0.272. The summed E-state index contributed by atoms with van der Waals surface area (Å²) in [4.78, 5) is 11.4. The highest BCUT2D eigenvalue weighted by Crippen LogP contribution is 2.15. The second kappa shape index (κ2) is 7.19. The lowest BCUT2D eigenvalue weighted by atomic mass is 10.3. The maximum Gasteiger partial charge on any atom is 0.250 e. The van der Waals surface area contributed by atoms with Crippen LogP contribution in [0.2, 0.25) is 0 Å². The summed E-state index contributed by atoms with van der Waals surface area (Å²) in [5.41, 5.74) is 5.63. The second-order valence-corrected chi connectivity index (χ2v) is 5.46. The molecular formula is C11H17N3O4S. The maximum atomic E-state index is 11.9. The third-order valence-corrected chi connectivity index (χ3v) is 3.60. The number of sulfonamides is 1. The van der Waals surface area contributed by atoms with Crippen LogP contribution in [0.4, 0.5) is 5.69 Å². The maximum absolute atomic E-state index is 11.9. The highest BCUT2D eigenvalue weighted by atomic mass is 32.2. The van der Waals surface area contributed by atoms with Gasteiger partial charge in [0.15, 0.2) is 0 Å². The van der Waals surface area contributed by atoms with Crippen molar-refractivity contribution in [2.45, 2.75) is 4.90 Å². The number of nitrogens with two attached hydrogens (primary N) is 1. The number of methoxy groups -OCH3 is 1. The Balaban J connectivity index is 2.85. The van der Waals surface area contributed by atoms with Crippen LogP contribution in [0.25, 0.3) is 0 Å². The highest BCUT2D eigenvalue weighted by Gasteiger charge is 2.13. The standard InChI is InChI=1S/C11H17N3O4S/c1-18-8-11(15)14-9-3-2-4-10(7-9)19(16,17)13-6-5-12/h2-4,7,13H,5-6,8,12H2,1H3,(H,14,15). The van der Waals surface area contributed by atoms with Gasteiger partial charge in [-0.25, -0.2) is 13.1 Å². The van der Waals surface area contributed by atoms with Gasteiger partial charge in [-0.2, -0.15) is 0 Å². The molecule has 0 aromatic heterocycles. The van der Waals surface area contributed by atoms with E-state index in [1.54, 1.807) is 12.1 Å².